The molecule has 0 radical (unpaired) electrons. The zero-order valence-electron chi connectivity index (χ0n) is 11.7. The van der Waals surface area contributed by atoms with Crippen molar-refractivity contribution in [3.8, 4) is 5.69 Å². The third-order valence-electron chi connectivity index (χ3n) is 3.04. The molecule has 0 saturated carbocycles. The molecular formula is C13H17N5O2. The first-order chi connectivity index (χ1) is 9.65. The summed E-state index contributed by atoms with van der Waals surface area (Å²) in [5, 5.41) is 14.3. The number of nitrogens with one attached hydrogen (secondary N) is 1. The highest BCUT2D eigenvalue weighted by Crippen LogP contribution is 2.19. The van der Waals surface area contributed by atoms with Crippen LogP contribution in [0.5, 0.6) is 0 Å². The van der Waals surface area contributed by atoms with E-state index in [1.807, 2.05) is 32.0 Å². The van der Waals surface area contributed by atoms with Crippen LogP contribution >= 0.6 is 0 Å². The lowest BCUT2D eigenvalue weighted by atomic mass is 10.1. The molecule has 106 valence electrons. The summed E-state index contributed by atoms with van der Waals surface area (Å²) in [6.07, 6.45) is 2.17. The standard InChI is InChI=1S/C13H17N5O2/c1-4-11(13(19)20-3)15-10-6-5-9(2)12(7-10)18-8-14-16-17-18/h5-8,11,15H,4H2,1-3H3. The van der Waals surface area contributed by atoms with Gasteiger partial charge in [0.25, 0.3) is 0 Å². The molecule has 0 aliphatic heterocycles. The number of tetrazole rings is 1. The van der Waals surface area contributed by atoms with Crippen molar-refractivity contribution in [1.82, 2.24) is 20.2 Å². The van der Waals surface area contributed by atoms with E-state index in [0.717, 1.165) is 16.9 Å². The predicted molar refractivity (Wildman–Crippen MR) is 73.6 cm³/mol. The van der Waals surface area contributed by atoms with Crippen LogP contribution in [-0.2, 0) is 9.53 Å². The van der Waals surface area contributed by atoms with Crippen molar-refractivity contribution >= 4 is 11.7 Å². The van der Waals surface area contributed by atoms with Crippen molar-refractivity contribution < 1.29 is 9.53 Å². The van der Waals surface area contributed by atoms with E-state index in [-0.39, 0.29) is 12.0 Å². The molecule has 0 aliphatic rings. The Morgan fingerprint density at radius 3 is 2.90 bits per heavy atom. The molecule has 0 fully saturated rings. The van der Waals surface area contributed by atoms with E-state index in [4.69, 9.17) is 4.74 Å². The van der Waals surface area contributed by atoms with Gasteiger partial charge in [0.2, 0.25) is 0 Å². The van der Waals surface area contributed by atoms with Crippen LogP contribution in [0.25, 0.3) is 5.69 Å². The van der Waals surface area contributed by atoms with Gasteiger partial charge in [-0.1, -0.05) is 13.0 Å². The van der Waals surface area contributed by atoms with Gasteiger partial charge >= 0.3 is 5.97 Å². The number of carbonyl (C=O) groups is 1. The third-order valence-corrected chi connectivity index (χ3v) is 3.04. The monoisotopic (exact) mass is 275 g/mol. The van der Waals surface area contributed by atoms with Gasteiger partial charge in [0.15, 0.2) is 0 Å². The maximum Gasteiger partial charge on any atom is 0.328 e. The first kappa shape index (κ1) is 14.0. The summed E-state index contributed by atoms with van der Waals surface area (Å²) in [7, 11) is 1.38. The van der Waals surface area contributed by atoms with Crippen LogP contribution < -0.4 is 5.32 Å². The largest absolute Gasteiger partial charge is 0.467 e. The minimum absolute atomic E-state index is 0.281. The Morgan fingerprint density at radius 2 is 2.30 bits per heavy atom. The minimum atomic E-state index is -0.371. The molecule has 0 saturated heterocycles. The number of nitrogens with zero attached hydrogens (tertiary/aromatic N) is 4. The number of hydrogen-bond donors (Lipinski definition) is 1. The van der Waals surface area contributed by atoms with E-state index in [0.29, 0.717) is 6.42 Å². The zero-order chi connectivity index (χ0) is 14.5. The average Bonchev–Trinajstić information content (AvgIpc) is 2.99. The maximum absolute atomic E-state index is 11.6. The van der Waals surface area contributed by atoms with Crippen LogP contribution in [0.1, 0.15) is 18.9 Å². The predicted octanol–water partition coefficient (Wildman–Crippen LogP) is 1.33. The van der Waals surface area contributed by atoms with Crippen molar-refractivity contribution in [3.63, 3.8) is 0 Å². The second-order valence-electron chi connectivity index (χ2n) is 4.38. The van der Waals surface area contributed by atoms with Gasteiger partial charge in [-0.15, -0.1) is 5.10 Å². The number of esters is 1. The number of aromatic nitrogens is 4. The Labute approximate surface area is 116 Å². The average molecular weight is 275 g/mol. The molecular weight excluding hydrogens is 258 g/mol. The van der Waals surface area contributed by atoms with E-state index in [9.17, 15) is 4.79 Å². The molecule has 0 amide bonds. The van der Waals surface area contributed by atoms with Gasteiger partial charge in [-0.2, -0.15) is 0 Å². The Kier molecular flexibility index (Phi) is 4.29. The smallest absolute Gasteiger partial charge is 0.328 e. The Morgan fingerprint density at radius 1 is 1.50 bits per heavy atom. The van der Waals surface area contributed by atoms with E-state index in [1.54, 1.807) is 4.68 Å². The fourth-order valence-electron chi connectivity index (χ4n) is 1.89. The molecule has 0 spiro atoms. The van der Waals surface area contributed by atoms with Crippen LogP contribution in [-0.4, -0.2) is 39.3 Å². The maximum atomic E-state index is 11.6. The van der Waals surface area contributed by atoms with E-state index < -0.39 is 0 Å². The molecule has 2 aromatic rings. The summed E-state index contributed by atoms with van der Waals surface area (Å²) in [5.74, 6) is -0.281. The Hall–Kier alpha value is -2.44. The topological polar surface area (TPSA) is 81.9 Å². The number of carbonyl (C=O) groups excluding carboxylic acids is 1. The summed E-state index contributed by atoms with van der Waals surface area (Å²) >= 11 is 0. The summed E-state index contributed by atoms with van der Waals surface area (Å²) < 4.78 is 6.35. The third kappa shape index (κ3) is 2.93. The number of aryl methyl sites for hydroxylation is 1. The summed E-state index contributed by atoms with van der Waals surface area (Å²) in [4.78, 5) is 11.6. The molecule has 2 rings (SSSR count). The highest BCUT2D eigenvalue weighted by molar-refractivity contribution is 5.79. The molecule has 1 heterocycles. The highest BCUT2D eigenvalue weighted by Gasteiger charge is 2.17. The molecule has 1 aromatic heterocycles. The summed E-state index contributed by atoms with van der Waals surface area (Å²) in [6, 6.07) is 5.39. The lowest BCUT2D eigenvalue weighted by molar-refractivity contribution is -0.141. The molecule has 7 heteroatoms. The van der Waals surface area contributed by atoms with Gasteiger partial charge in [0.1, 0.15) is 12.4 Å². The first-order valence-electron chi connectivity index (χ1n) is 6.34. The van der Waals surface area contributed by atoms with Crippen molar-refractivity contribution in [2.75, 3.05) is 12.4 Å². The van der Waals surface area contributed by atoms with Gasteiger partial charge in [-0.3, -0.25) is 0 Å². The molecule has 1 N–H and O–H groups in total. The van der Waals surface area contributed by atoms with Crippen molar-refractivity contribution in [1.29, 1.82) is 0 Å². The van der Waals surface area contributed by atoms with Gasteiger partial charge < -0.3 is 10.1 Å². The first-order valence-corrected chi connectivity index (χ1v) is 6.34. The number of ether oxygens (including phenoxy) is 1. The second kappa shape index (κ2) is 6.14. The number of benzene rings is 1. The Bertz CT molecular complexity index is 582. The van der Waals surface area contributed by atoms with Gasteiger partial charge in [0.05, 0.1) is 12.8 Å². The van der Waals surface area contributed by atoms with E-state index in [1.165, 1.54) is 13.4 Å². The second-order valence-corrected chi connectivity index (χ2v) is 4.38. The molecule has 1 atom stereocenters. The van der Waals surface area contributed by atoms with Gasteiger partial charge in [-0.05, 0) is 41.5 Å². The molecule has 0 bridgehead atoms. The minimum Gasteiger partial charge on any atom is -0.467 e. The molecule has 7 nitrogen and oxygen atoms in total. The Balaban J connectivity index is 2.26. The molecule has 20 heavy (non-hydrogen) atoms. The van der Waals surface area contributed by atoms with Crippen molar-refractivity contribution in [3.05, 3.63) is 30.1 Å². The number of hydrogen-bond acceptors (Lipinski definition) is 6. The van der Waals surface area contributed by atoms with Crippen LogP contribution in [0, 0.1) is 6.92 Å². The number of methoxy groups -OCH3 is 1. The molecule has 1 aromatic carbocycles. The number of anilines is 1. The van der Waals surface area contributed by atoms with Crippen LogP contribution in [0.4, 0.5) is 5.69 Å². The fraction of sp³-hybridized carbons (Fsp3) is 0.385. The molecule has 1 unspecified atom stereocenters. The lowest BCUT2D eigenvalue weighted by Gasteiger charge is -2.17. The van der Waals surface area contributed by atoms with E-state index >= 15 is 0 Å². The van der Waals surface area contributed by atoms with Gasteiger partial charge in [-0.25, -0.2) is 9.48 Å². The number of rotatable bonds is 5. The SMILES string of the molecule is CCC(Nc1ccc(C)c(-n2cnnn2)c1)C(=O)OC. The van der Waals surface area contributed by atoms with Crippen molar-refractivity contribution in [2.24, 2.45) is 0 Å². The van der Waals surface area contributed by atoms with Crippen LogP contribution in [0.3, 0.4) is 0 Å². The zero-order valence-corrected chi connectivity index (χ0v) is 11.7. The van der Waals surface area contributed by atoms with Crippen LogP contribution in [0.2, 0.25) is 0 Å². The van der Waals surface area contributed by atoms with Crippen LogP contribution in [0.15, 0.2) is 24.5 Å². The molecule has 0 aliphatic carbocycles. The quantitative estimate of drug-likeness (QED) is 0.829. The van der Waals surface area contributed by atoms with E-state index in [2.05, 4.69) is 20.8 Å². The normalized spacial score (nSPS) is 11.9. The fourth-order valence-corrected chi connectivity index (χ4v) is 1.89. The van der Waals surface area contributed by atoms with Crippen molar-refractivity contribution in [2.45, 2.75) is 26.3 Å². The van der Waals surface area contributed by atoms with Gasteiger partial charge in [0, 0.05) is 5.69 Å². The summed E-state index contributed by atoms with van der Waals surface area (Å²) in [5.41, 5.74) is 2.71. The lowest BCUT2D eigenvalue weighted by Crippen LogP contribution is -2.29. The summed E-state index contributed by atoms with van der Waals surface area (Å²) in [6.45, 7) is 3.89. The highest BCUT2D eigenvalue weighted by atomic mass is 16.5.